The molecule has 0 spiro atoms. The van der Waals surface area contributed by atoms with Crippen molar-refractivity contribution in [2.24, 2.45) is 0 Å². The molecule has 0 saturated carbocycles. The first kappa shape index (κ1) is 48.3. The van der Waals surface area contributed by atoms with Crippen LogP contribution in [0.4, 0.5) is 22.0 Å². The van der Waals surface area contributed by atoms with E-state index in [0.717, 1.165) is 33.0 Å². The molecule has 0 radical (unpaired) electrons. The lowest BCUT2D eigenvalue weighted by Crippen LogP contribution is -2.10. The molecule has 9 nitrogen and oxygen atoms in total. The van der Waals surface area contributed by atoms with Crippen LogP contribution in [-0.2, 0) is 0 Å². The van der Waals surface area contributed by atoms with Gasteiger partial charge in [-0.1, -0.05) is 158 Å². The molecule has 0 aliphatic carbocycles. The Bertz CT molecular complexity index is 4740. The summed E-state index contributed by atoms with van der Waals surface area (Å²) in [4.78, 5) is 29.6. The number of hydrogen-bond acceptors (Lipinski definition) is 7. The van der Waals surface area contributed by atoms with E-state index in [9.17, 15) is 9.65 Å². The highest BCUT2D eigenvalue weighted by atomic mass is 19.2. The number of fused-ring (bicyclic) bond motifs is 6. The molecule has 81 heavy (non-hydrogen) atoms. The number of aromatic nitrogens is 8. The quantitative estimate of drug-likeness (QED) is 0.0804. The predicted molar refractivity (Wildman–Crippen MR) is 304 cm³/mol. The van der Waals surface area contributed by atoms with Gasteiger partial charge in [-0.3, -0.25) is 0 Å². The summed E-state index contributed by atoms with van der Waals surface area (Å²) >= 11 is 0. The summed E-state index contributed by atoms with van der Waals surface area (Å²) in [5, 5.41) is 14.5. The van der Waals surface area contributed by atoms with Gasteiger partial charge in [-0.25, -0.2) is 51.9 Å². The number of hydrogen-bond donors (Lipinski definition) is 0. The number of nitriles is 1. The maximum atomic E-state index is 16.5. The second kappa shape index (κ2) is 19.5. The smallest absolute Gasteiger partial charge is 0.200 e. The molecular weight excluding hydrogens is 1030 g/mol. The molecule has 14 aromatic rings. The molecular formula is C67H36F5N9. The van der Waals surface area contributed by atoms with E-state index in [1.807, 2.05) is 187 Å². The molecule has 4 aromatic heterocycles. The summed E-state index contributed by atoms with van der Waals surface area (Å²) in [6.45, 7) is 0. The normalized spacial score (nSPS) is 11.5. The van der Waals surface area contributed by atoms with E-state index in [1.54, 1.807) is 28.8 Å². The number of rotatable bonds is 9. The van der Waals surface area contributed by atoms with Crippen molar-refractivity contribution in [3.05, 3.63) is 253 Å². The second-order valence-electron chi connectivity index (χ2n) is 19.2. The van der Waals surface area contributed by atoms with Gasteiger partial charge in [0, 0.05) is 60.5 Å². The van der Waals surface area contributed by atoms with Crippen LogP contribution in [0.1, 0.15) is 5.56 Å². The average Bonchev–Trinajstić information content (AvgIpc) is 4.23. The van der Waals surface area contributed by atoms with Crippen molar-refractivity contribution in [1.29, 1.82) is 5.26 Å². The van der Waals surface area contributed by atoms with Gasteiger partial charge in [0.05, 0.1) is 39.0 Å². The molecule has 0 aliphatic heterocycles. The molecule has 4 heterocycles. The van der Waals surface area contributed by atoms with Crippen LogP contribution >= 0.6 is 0 Å². The van der Waals surface area contributed by atoms with Gasteiger partial charge in [0.1, 0.15) is 11.6 Å². The third-order valence-corrected chi connectivity index (χ3v) is 14.5. The van der Waals surface area contributed by atoms with Crippen LogP contribution in [0.25, 0.3) is 134 Å². The highest BCUT2D eigenvalue weighted by Gasteiger charge is 2.32. The van der Waals surface area contributed by atoms with Crippen molar-refractivity contribution in [3.8, 4) is 96.9 Å². The van der Waals surface area contributed by atoms with Gasteiger partial charge in [-0.15, -0.1) is 0 Å². The highest BCUT2D eigenvalue weighted by molar-refractivity contribution is 6.13. The lowest BCUT2D eigenvalue weighted by atomic mass is 9.96. The van der Waals surface area contributed by atoms with Gasteiger partial charge in [-0.05, 0) is 60.7 Å². The Morgan fingerprint density at radius 2 is 0.642 bits per heavy atom. The van der Waals surface area contributed by atoms with Gasteiger partial charge in [0.15, 0.2) is 58.2 Å². The molecule has 0 unspecified atom stereocenters. The number of nitrogens with zero attached hydrogens (tertiary/aromatic N) is 9. The van der Waals surface area contributed by atoms with Crippen LogP contribution in [0, 0.1) is 40.4 Å². The van der Waals surface area contributed by atoms with E-state index < -0.39 is 40.2 Å². The number of benzene rings is 10. The fraction of sp³-hybridized carbons (Fsp3) is 0. The Kier molecular flexibility index (Phi) is 11.6. The zero-order chi connectivity index (χ0) is 54.9. The Labute approximate surface area is 457 Å². The first-order chi connectivity index (χ1) is 39.7. The first-order valence-electron chi connectivity index (χ1n) is 25.6. The lowest BCUT2D eigenvalue weighted by molar-refractivity contribution is 0.381. The molecule has 0 bridgehead atoms. The zero-order valence-electron chi connectivity index (χ0n) is 42.2. The molecule has 384 valence electrons. The highest BCUT2D eigenvalue weighted by Crippen LogP contribution is 2.45. The van der Waals surface area contributed by atoms with Crippen molar-refractivity contribution in [3.63, 3.8) is 0 Å². The monoisotopic (exact) mass is 1060 g/mol. The van der Waals surface area contributed by atoms with E-state index in [1.165, 1.54) is 12.1 Å². The molecule has 0 aliphatic rings. The van der Waals surface area contributed by atoms with Gasteiger partial charge in [0.2, 0.25) is 5.82 Å². The van der Waals surface area contributed by atoms with Crippen molar-refractivity contribution in [2.45, 2.75) is 0 Å². The fourth-order valence-corrected chi connectivity index (χ4v) is 10.8. The molecule has 0 fully saturated rings. The Balaban J connectivity index is 1.01. The summed E-state index contributed by atoms with van der Waals surface area (Å²) in [5.41, 5.74) is 4.92. The minimum absolute atomic E-state index is 0.134. The minimum atomic E-state index is -2.31. The van der Waals surface area contributed by atoms with Crippen LogP contribution in [-0.4, -0.2) is 39.0 Å². The molecule has 14 heteroatoms. The molecule has 0 amide bonds. The van der Waals surface area contributed by atoms with Gasteiger partial charge in [0.25, 0.3) is 0 Å². The SMILES string of the molecule is N#Cc1c(-n2c3ccccc3c3cc(-c4nc(-c5ccccc5)nc(-c5ccccc5)n4)ccc32)ccc(-c2c(F)c(F)c(F)c(F)c2F)c1-n1c2ccccc2c2cc(-c3nc(-c4ccccc4)nc(-c4ccccc4)n3)ccc21. The fourth-order valence-electron chi connectivity index (χ4n) is 10.8. The topological polar surface area (TPSA) is 111 Å². The molecule has 10 aromatic carbocycles. The minimum Gasteiger partial charge on any atom is -0.308 e. The third-order valence-electron chi connectivity index (χ3n) is 14.5. The first-order valence-corrected chi connectivity index (χ1v) is 25.6. The summed E-state index contributed by atoms with van der Waals surface area (Å²) in [6.07, 6.45) is 0. The standard InChI is InChI=1S/C67H36F5N9/c68-56-55(57(69)59(71)60(72)58(56)70)46-31-34-54(80-50-27-15-13-25-44(50)47-35-42(29-32-52(47)80)66-76-62(38-17-5-1-6-18-38)74-63(77-66)39-19-7-2-8-20-39)49(37-73)61(46)81-51-28-16-14-26-45(51)48-36-43(30-33-53(48)81)67-78-64(40-21-9-3-10-22-40)75-65(79-67)41-23-11-4-12-24-41/h1-36H. The van der Waals surface area contributed by atoms with E-state index >= 15 is 17.6 Å². The molecule has 14 rings (SSSR count). The summed E-state index contributed by atoms with van der Waals surface area (Å²) in [5.74, 6) is -8.10. The lowest BCUT2D eigenvalue weighted by Gasteiger charge is -2.21. The van der Waals surface area contributed by atoms with E-state index in [-0.39, 0.29) is 16.9 Å². The summed E-state index contributed by atoms with van der Waals surface area (Å²) in [6, 6.07) is 69.3. The van der Waals surface area contributed by atoms with Gasteiger partial charge in [-0.2, -0.15) is 5.26 Å². The van der Waals surface area contributed by atoms with Crippen LogP contribution in [0.2, 0.25) is 0 Å². The summed E-state index contributed by atoms with van der Waals surface area (Å²) < 4.78 is 82.4. The van der Waals surface area contributed by atoms with Crippen LogP contribution < -0.4 is 0 Å². The second-order valence-corrected chi connectivity index (χ2v) is 19.2. The van der Waals surface area contributed by atoms with Crippen molar-refractivity contribution in [1.82, 2.24) is 39.0 Å². The molecule has 0 N–H and O–H groups in total. The van der Waals surface area contributed by atoms with E-state index in [2.05, 4.69) is 6.07 Å². The third kappa shape index (κ3) is 8.05. The predicted octanol–water partition coefficient (Wildman–Crippen LogP) is 16.5. The maximum absolute atomic E-state index is 16.5. The Hall–Kier alpha value is -11.0. The van der Waals surface area contributed by atoms with Crippen molar-refractivity contribution in [2.75, 3.05) is 0 Å². The van der Waals surface area contributed by atoms with Crippen LogP contribution in [0.5, 0.6) is 0 Å². The van der Waals surface area contributed by atoms with Crippen LogP contribution in [0.15, 0.2) is 218 Å². The van der Waals surface area contributed by atoms with Crippen molar-refractivity contribution < 1.29 is 22.0 Å². The van der Waals surface area contributed by atoms with Gasteiger partial charge >= 0.3 is 0 Å². The maximum Gasteiger partial charge on any atom is 0.200 e. The zero-order valence-corrected chi connectivity index (χ0v) is 42.2. The van der Waals surface area contributed by atoms with Gasteiger partial charge < -0.3 is 9.13 Å². The molecule has 0 saturated heterocycles. The number of para-hydroxylation sites is 2. The van der Waals surface area contributed by atoms with Crippen molar-refractivity contribution >= 4 is 43.6 Å². The number of halogens is 5. The largest absolute Gasteiger partial charge is 0.308 e. The van der Waals surface area contributed by atoms with E-state index in [0.29, 0.717) is 78.9 Å². The Morgan fingerprint density at radius 1 is 0.309 bits per heavy atom. The van der Waals surface area contributed by atoms with E-state index in [4.69, 9.17) is 29.9 Å². The molecule has 0 atom stereocenters. The Morgan fingerprint density at radius 3 is 1.05 bits per heavy atom. The average molecular weight is 1060 g/mol. The summed E-state index contributed by atoms with van der Waals surface area (Å²) in [7, 11) is 0. The van der Waals surface area contributed by atoms with Crippen LogP contribution in [0.3, 0.4) is 0 Å².